The van der Waals surface area contributed by atoms with Gasteiger partial charge >= 0.3 is 6.03 Å². The monoisotopic (exact) mass is 345 g/mol. The van der Waals surface area contributed by atoms with Crippen molar-refractivity contribution >= 4 is 11.9 Å². The van der Waals surface area contributed by atoms with Crippen molar-refractivity contribution in [3.63, 3.8) is 0 Å². The molecule has 0 radical (unpaired) electrons. The van der Waals surface area contributed by atoms with Crippen LogP contribution >= 0.6 is 0 Å². The Kier molecular flexibility index (Phi) is 5.11. The van der Waals surface area contributed by atoms with Crippen molar-refractivity contribution in [2.24, 2.45) is 0 Å². The van der Waals surface area contributed by atoms with Crippen molar-refractivity contribution in [2.75, 3.05) is 26.2 Å². The van der Waals surface area contributed by atoms with Crippen LogP contribution in [0.2, 0.25) is 0 Å². The molecule has 3 amide bonds. The Morgan fingerprint density at radius 1 is 1.16 bits per heavy atom. The highest BCUT2D eigenvalue weighted by Crippen LogP contribution is 2.25. The minimum Gasteiger partial charge on any atom is -0.368 e. The van der Waals surface area contributed by atoms with E-state index in [-0.39, 0.29) is 24.1 Å². The van der Waals surface area contributed by atoms with Gasteiger partial charge in [0.25, 0.3) is 5.91 Å². The molecule has 2 fully saturated rings. The number of benzene rings is 1. The number of hydrogen-bond donors (Lipinski definition) is 1. The zero-order valence-corrected chi connectivity index (χ0v) is 15.2. The van der Waals surface area contributed by atoms with Gasteiger partial charge in [-0.3, -0.25) is 14.6 Å². The number of carbonyl (C=O) groups is 2. The first kappa shape index (κ1) is 17.9. The van der Waals surface area contributed by atoms with Crippen LogP contribution in [0.3, 0.4) is 0 Å². The maximum atomic E-state index is 12.2. The highest BCUT2D eigenvalue weighted by Gasteiger charge is 2.43. The Morgan fingerprint density at radius 3 is 2.52 bits per heavy atom. The van der Waals surface area contributed by atoms with Gasteiger partial charge < -0.3 is 10.1 Å². The van der Waals surface area contributed by atoms with E-state index in [1.807, 2.05) is 18.2 Å². The first-order valence-corrected chi connectivity index (χ1v) is 8.93. The highest BCUT2D eigenvalue weighted by molar-refractivity contribution is 6.06. The van der Waals surface area contributed by atoms with Crippen molar-refractivity contribution in [1.82, 2.24) is 15.1 Å². The Labute approximate surface area is 149 Å². The fraction of sp³-hybridized carbons (Fsp3) is 0.579. The molecule has 2 atom stereocenters. The minimum atomic E-state index is -0.789. The van der Waals surface area contributed by atoms with Gasteiger partial charge in [0.15, 0.2) is 0 Å². The second-order valence-corrected chi connectivity index (χ2v) is 7.47. The molecule has 6 nitrogen and oxygen atoms in total. The van der Waals surface area contributed by atoms with E-state index in [1.165, 1.54) is 10.5 Å². The first-order valence-electron chi connectivity index (χ1n) is 8.93. The molecule has 0 bridgehead atoms. The van der Waals surface area contributed by atoms with Gasteiger partial charge in [0.1, 0.15) is 5.54 Å². The quantitative estimate of drug-likeness (QED) is 0.831. The maximum Gasteiger partial charge on any atom is 0.325 e. The third-order valence-electron chi connectivity index (χ3n) is 4.81. The summed E-state index contributed by atoms with van der Waals surface area (Å²) in [5.74, 6) is -0.144. The number of nitrogens with one attached hydrogen (secondary N) is 1. The van der Waals surface area contributed by atoms with Crippen LogP contribution in [0, 0.1) is 0 Å². The number of nitrogens with zero attached hydrogens (tertiary/aromatic N) is 2. The van der Waals surface area contributed by atoms with Crippen LogP contribution in [-0.2, 0) is 9.53 Å². The lowest BCUT2D eigenvalue weighted by atomic mass is 10.1. The average Bonchev–Trinajstić information content (AvgIpc) is 2.77. The molecule has 1 N–H and O–H groups in total. The van der Waals surface area contributed by atoms with Crippen molar-refractivity contribution in [1.29, 1.82) is 0 Å². The van der Waals surface area contributed by atoms with Gasteiger partial charge in [-0.15, -0.1) is 0 Å². The van der Waals surface area contributed by atoms with Gasteiger partial charge in [0, 0.05) is 26.2 Å². The largest absolute Gasteiger partial charge is 0.368 e. The predicted molar refractivity (Wildman–Crippen MR) is 95.1 cm³/mol. The Hall–Kier alpha value is -1.92. The molecule has 0 unspecified atom stereocenters. The standard InChI is InChI=1S/C19H27N3O3/c1-14-12-21(13-16(25-14)15-8-5-4-6-9-15)10-7-11-22-17(23)19(2,3)20-18(22)24/h4-6,8-9,14,16H,7,10-13H2,1-3H3,(H,20,24)/t14-,16-/m1/s1. The van der Waals surface area contributed by atoms with E-state index in [2.05, 4.69) is 29.3 Å². The molecule has 0 spiro atoms. The molecule has 2 aliphatic rings. The second-order valence-electron chi connectivity index (χ2n) is 7.47. The third kappa shape index (κ3) is 4.02. The topological polar surface area (TPSA) is 61.9 Å². The van der Waals surface area contributed by atoms with E-state index in [0.717, 1.165) is 26.1 Å². The summed E-state index contributed by atoms with van der Waals surface area (Å²) in [6, 6.07) is 9.97. The number of rotatable bonds is 5. The number of urea groups is 1. The van der Waals surface area contributed by atoms with Crippen LogP contribution in [0.15, 0.2) is 30.3 Å². The van der Waals surface area contributed by atoms with Crippen molar-refractivity contribution in [3.05, 3.63) is 35.9 Å². The summed E-state index contributed by atoms with van der Waals surface area (Å²) < 4.78 is 6.07. The van der Waals surface area contributed by atoms with E-state index in [1.54, 1.807) is 13.8 Å². The van der Waals surface area contributed by atoms with Gasteiger partial charge in [-0.25, -0.2) is 4.79 Å². The maximum absolute atomic E-state index is 12.2. The van der Waals surface area contributed by atoms with Gasteiger partial charge in [-0.2, -0.15) is 0 Å². The third-order valence-corrected chi connectivity index (χ3v) is 4.81. The van der Waals surface area contributed by atoms with Crippen LogP contribution in [0.4, 0.5) is 4.79 Å². The molecule has 0 aromatic heterocycles. The Morgan fingerprint density at radius 2 is 1.88 bits per heavy atom. The van der Waals surface area contributed by atoms with E-state index < -0.39 is 5.54 Å². The molecule has 2 aliphatic heterocycles. The van der Waals surface area contributed by atoms with Crippen molar-refractivity contribution in [2.45, 2.75) is 44.9 Å². The van der Waals surface area contributed by atoms with E-state index in [4.69, 9.17) is 4.74 Å². The predicted octanol–water partition coefficient (Wildman–Crippen LogP) is 2.17. The summed E-state index contributed by atoms with van der Waals surface area (Å²) in [6.45, 7) is 8.56. The summed E-state index contributed by atoms with van der Waals surface area (Å²) in [5, 5.41) is 2.72. The normalized spacial score (nSPS) is 26.8. The molecule has 136 valence electrons. The molecule has 2 saturated heterocycles. The molecule has 1 aromatic carbocycles. The summed E-state index contributed by atoms with van der Waals surface area (Å²) in [7, 11) is 0. The zero-order chi connectivity index (χ0) is 18.0. The Bertz CT molecular complexity index is 632. The number of amides is 3. The van der Waals surface area contributed by atoms with Gasteiger partial charge in [-0.05, 0) is 32.8 Å². The zero-order valence-electron chi connectivity index (χ0n) is 15.2. The molecule has 0 saturated carbocycles. The number of hydrogen-bond acceptors (Lipinski definition) is 4. The smallest absolute Gasteiger partial charge is 0.325 e. The van der Waals surface area contributed by atoms with Gasteiger partial charge in [-0.1, -0.05) is 30.3 Å². The highest BCUT2D eigenvalue weighted by atomic mass is 16.5. The van der Waals surface area contributed by atoms with Gasteiger partial charge in [0.2, 0.25) is 0 Å². The van der Waals surface area contributed by atoms with E-state index in [0.29, 0.717) is 6.54 Å². The van der Waals surface area contributed by atoms with Crippen LogP contribution in [0.25, 0.3) is 0 Å². The van der Waals surface area contributed by atoms with Crippen molar-refractivity contribution in [3.8, 4) is 0 Å². The SMILES string of the molecule is C[C@@H]1CN(CCCN2C(=O)NC(C)(C)C2=O)C[C@H](c2ccccc2)O1. The number of carbonyl (C=O) groups excluding carboxylic acids is 2. The molecule has 6 heteroatoms. The summed E-state index contributed by atoms with van der Waals surface area (Å²) >= 11 is 0. The summed E-state index contributed by atoms with van der Waals surface area (Å²) in [6.07, 6.45) is 0.999. The Balaban J connectivity index is 1.53. The fourth-order valence-electron chi connectivity index (χ4n) is 3.55. The molecule has 2 heterocycles. The molecule has 1 aromatic rings. The van der Waals surface area contributed by atoms with Crippen molar-refractivity contribution < 1.29 is 14.3 Å². The first-order chi connectivity index (χ1) is 11.9. The lowest BCUT2D eigenvalue weighted by molar-refractivity contribution is -0.130. The summed E-state index contributed by atoms with van der Waals surface area (Å²) in [4.78, 5) is 27.8. The van der Waals surface area contributed by atoms with Crippen LogP contribution in [-0.4, -0.2) is 59.6 Å². The number of imide groups is 1. The molecular formula is C19H27N3O3. The molecule has 25 heavy (non-hydrogen) atoms. The second kappa shape index (κ2) is 7.14. The summed E-state index contributed by atoms with van der Waals surface area (Å²) in [5.41, 5.74) is 0.401. The molecule has 3 rings (SSSR count). The van der Waals surface area contributed by atoms with E-state index >= 15 is 0 Å². The lowest BCUT2D eigenvalue weighted by Gasteiger charge is -2.37. The van der Waals surface area contributed by atoms with Crippen LogP contribution in [0.1, 0.15) is 38.9 Å². The average molecular weight is 345 g/mol. The molecular weight excluding hydrogens is 318 g/mol. The lowest BCUT2D eigenvalue weighted by Crippen LogP contribution is -2.44. The number of morpholine rings is 1. The fourth-order valence-corrected chi connectivity index (χ4v) is 3.55. The van der Waals surface area contributed by atoms with Gasteiger partial charge in [0.05, 0.1) is 12.2 Å². The van der Waals surface area contributed by atoms with E-state index in [9.17, 15) is 9.59 Å². The minimum absolute atomic E-state index is 0.0700. The van der Waals surface area contributed by atoms with Crippen LogP contribution in [0.5, 0.6) is 0 Å². The number of ether oxygens (including phenoxy) is 1. The van der Waals surface area contributed by atoms with Crippen LogP contribution < -0.4 is 5.32 Å². The molecule has 0 aliphatic carbocycles.